The Bertz CT molecular complexity index is 899. The van der Waals surface area contributed by atoms with Crippen LogP contribution in [-0.2, 0) is 0 Å². The van der Waals surface area contributed by atoms with Crippen molar-refractivity contribution in [3.63, 3.8) is 0 Å². The molecule has 0 radical (unpaired) electrons. The molecule has 0 aliphatic carbocycles. The maximum Gasteiger partial charge on any atom is 0.252 e. The van der Waals surface area contributed by atoms with Gasteiger partial charge < -0.3 is 10.1 Å². The SMILES string of the molecule is CCCOc1ccc(C(NC(=O)c2c(C)cccc2C)C23CCCC(CC2)N3C)cc1. The molecule has 2 aliphatic heterocycles. The number of rotatable bonds is 7. The lowest BCUT2D eigenvalue weighted by atomic mass is 9.78. The van der Waals surface area contributed by atoms with Crippen molar-refractivity contribution in [3.05, 3.63) is 64.7 Å². The van der Waals surface area contributed by atoms with Crippen LogP contribution in [0.4, 0.5) is 0 Å². The zero-order valence-corrected chi connectivity index (χ0v) is 19.4. The summed E-state index contributed by atoms with van der Waals surface area (Å²) in [5, 5.41) is 3.49. The van der Waals surface area contributed by atoms with Gasteiger partial charge in [0.2, 0.25) is 0 Å². The molecule has 1 N–H and O–H groups in total. The minimum absolute atomic E-state index is 0.0268. The molecule has 2 bridgehead atoms. The van der Waals surface area contributed by atoms with Gasteiger partial charge >= 0.3 is 0 Å². The molecule has 2 saturated heterocycles. The average molecular weight is 421 g/mol. The number of piperidine rings is 1. The van der Waals surface area contributed by atoms with Gasteiger partial charge in [0.15, 0.2) is 0 Å². The minimum atomic E-state index is -0.0467. The Balaban J connectivity index is 1.69. The average Bonchev–Trinajstić information content (AvgIpc) is 2.94. The Kier molecular flexibility index (Phi) is 6.38. The Morgan fingerprint density at radius 3 is 2.52 bits per heavy atom. The number of carbonyl (C=O) groups is 1. The van der Waals surface area contributed by atoms with Crippen molar-refractivity contribution in [1.82, 2.24) is 10.2 Å². The van der Waals surface area contributed by atoms with Gasteiger partial charge in [0.1, 0.15) is 5.75 Å². The van der Waals surface area contributed by atoms with E-state index in [1.807, 2.05) is 32.0 Å². The number of nitrogens with one attached hydrogen (secondary N) is 1. The highest BCUT2D eigenvalue weighted by Crippen LogP contribution is 2.50. The van der Waals surface area contributed by atoms with Crippen molar-refractivity contribution in [2.24, 2.45) is 0 Å². The Hall–Kier alpha value is -2.33. The van der Waals surface area contributed by atoms with E-state index in [0.29, 0.717) is 6.04 Å². The normalized spacial score (nSPS) is 24.1. The zero-order valence-electron chi connectivity index (χ0n) is 19.4. The third kappa shape index (κ3) is 4.10. The number of hydrogen-bond donors (Lipinski definition) is 1. The van der Waals surface area contributed by atoms with E-state index in [-0.39, 0.29) is 17.5 Å². The van der Waals surface area contributed by atoms with Crippen LogP contribution in [-0.4, -0.2) is 36.0 Å². The van der Waals surface area contributed by atoms with Gasteiger partial charge in [0, 0.05) is 17.1 Å². The summed E-state index contributed by atoms with van der Waals surface area (Å²) in [7, 11) is 2.26. The van der Waals surface area contributed by atoms with Gasteiger partial charge in [-0.25, -0.2) is 0 Å². The highest BCUT2D eigenvalue weighted by Gasteiger charge is 2.52. The predicted molar refractivity (Wildman–Crippen MR) is 126 cm³/mol. The molecule has 3 unspecified atom stereocenters. The summed E-state index contributed by atoms with van der Waals surface area (Å²) in [6, 6.07) is 15.0. The fraction of sp³-hybridized carbons (Fsp3) is 0.519. The van der Waals surface area contributed by atoms with E-state index in [2.05, 4.69) is 48.5 Å². The molecule has 0 aromatic heterocycles. The van der Waals surface area contributed by atoms with Crippen LogP contribution in [0.2, 0.25) is 0 Å². The Morgan fingerprint density at radius 1 is 1.13 bits per heavy atom. The second kappa shape index (κ2) is 9.04. The number of carbonyl (C=O) groups excluding carboxylic acids is 1. The number of ether oxygens (including phenoxy) is 1. The van der Waals surface area contributed by atoms with Gasteiger partial charge in [-0.1, -0.05) is 37.3 Å². The van der Waals surface area contributed by atoms with E-state index in [1.165, 1.54) is 19.3 Å². The van der Waals surface area contributed by atoms with Gasteiger partial charge in [0.25, 0.3) is 5.91 Å². The molecule has 4 nitrogen and oxygen atoms in total. The van der Waals surface area contributed by atoms with Crippen LogP contribution in [0, 0.1) is 13.8 Å². The first-order valence-corrected chi connectivity index (χ1v) is 11.8. The summed E-state index contributed by atoms with van der Waals surface area (Å²) in [5.74, 6) is 0.924. The summed E-state index contributed by atoms with van der Waals surface area (Å²) >= 11 is 0. The predicted octanol–water partition coefficient (Wildman–Crippen LogP) is 5.58. The lowest BCUT2D eigenvalue weighted by Crippen LogP contribution is -2.56. The zero-order chi connectivity index (χ0) is 22.0. The first-order valence-electron chi connectivity index (χ1n) is 11.8. The summed E-state index contributed by atoms with van der Waals surface area (Å²) in [5.41, 5.74) is 4.00. The van der Waals surface area contributed by atoms with Gasteiger partial charge in [-0.3, -0.25) is 9.69 Å². The van der Waals surface area contributed by atoms with E-state index in [0.717, 1.165) is 53.9 Å². The molecule has 4 heteroatoms. The maximum absolute atomic E-state index is 13.5. The van der Waals surface area contributed by atoms with E-state index in [9.17, 15) is 4.79 Å². The third-order valence-electron chi connectivity index (χ3n) is 7.51. The van der Waals surface area contributed by atoms with Crippen molar-refractivity contribution >= 4 is 5.91 Å². The van der Waals surface area contributed by atoms with Crippen LogP contribution in [0.25, 0.3) is 0 Å². The lowest BCUT2D eigenvalue weighted by molar-refractivity contribution is 0.0428. The molecule has 2 heterocycles. The smallest absolute Gasteiger partial charge is 0.252 e. The summed E-state index contributed by atoms with van der Waals surface area (Å²) in [6.45, 7) is 6.88. The largest absolute Gasteiger partial charge is 0.494 e. The molecule has 0 spiro atoms. The molecule has 31 heavy (non-hydrogen) atoms. The highest BCUT2D eigenvalue weighted by molar-refractivity contribution is 5.97. The molecule has 1 amide bonds. The van der Waals surface area contributed by atoms with Crippen molar-refractivity contribution in [2.45, 2.75) is 76.9 Å². The number of amides is 1. The van der Waals surface area contributed by atoms with Gasteiger partial charge in [0.05, 0.1) is 12.6 Å². The van der Waals surface area contributed by atoms with E-state index in [1.54, 1.807) is 0 Å². The second-order valence-corrected chi connectivity index (χ2v) is 9.39. The molecule has 2 aromatic rings. The molecule has 3 atom stereocenters. The summed E-state index contributed by atoms with van der Waals surface area (Å²) < 4.78 is 5.80. The minimum Gasteiger partial charge on any atom is -0.494 e. The van der Waals surface area contributed by atoms with Gasteiger partial charge in [-0.05, 0) is 88.2 Å². The lowest BCUT2D eigenvalue weighted by Gasteiger charge is -2.48. The molecular weight excluding hydrogens is 384 g/mol. The number of hydrogen-bond acceptors (Lipinski definition) is 3. The van der Waals surface area contributed by atoms with E-state index < -0.39 is 0 Å². The molecule has 2 aromatic carbocycles. The molecule has 0 saturated carbocycles. The van der Waals surface area contributed by atoms with Crippen LogP contribution < -0.4 is 10.1 Å². The van der Waals surface area contributed by atoms with Crippen LogP contribution >= 0.6 is 0 Å². The fourth-order valence-corrected chi connectivity index (χ4v) is 5.81. The van der Waals surface area contributed by atoms with Crippen LogP contribution in [0.5, 0.6) is 5.75 Å². The number of aryl methyl sites for hydroxylation is 2. The van der Waals surface area contributed by atoms with Crippen LogP contribution in [0.15, 0.2) is 42.5 Å². The number of likely N-dealkylation sites (N-methyl/N-ethyl adjacent to an activating group) is 1. The monoisotopic (exact) mass is 420 g/mol. The second-order valence-electron chi connectivity index (χ2n) is 9.39. The third-order valence-corrected chi connectivity index (χ3v) is 7.51. The highest BCUT2D eigenvalue weighted by atomic mass is 16.5. The molecule has 2 aliphatic rings. The molecule has 2 fully saturated rings. The fourth-order valence-electron chi connectivity index (χ4n) is 5.81. The van der Waals surface area contributed by atoms with Crippen LogP contribution in [0.3, 0.4) is 0 Å². The Morgan fingerprint density at radius 2 is 1.84 bits per heavy atom. The van der Waals surface area contributed by atoms with Crippen LogP contribution in [0.1, 0.15) is 78.5 Å². The van der Waals surface area contributed by atoms with Crippen molar-refractivity contribution in [1.29, 1.82) is 0 Å². The van der Waals surface area contributed by atoms with Gasteiger partial charge in [-0.2, -0.15) is 0 Å². The van der Waals surface area contributed by atoms with Crippen molar-refractivity contribution < 1.29 is 9.53 Å². The number of nitrogens with zero attached hydrogens (tertiary/aromatic N) is 1. The molecule has 4 rings (SSSR count). The quantitative estimate of drug-likeness (QED) is 0.636. The van der Waals surface area contributed by atoms with E-state index in [4.69, 9.17) is 4.74 Å². The topological polar surface area (TPSA) is 41.6 Å². The van der Waals surface area contributed by atoms with E-state index >= 15 is 0 Å². The summed E-state index contributed by atoms with van der Waals surface area (Å²) in [6.07, 6.45) is 6.93. The number of fused-ring (bicyclic) bond motifs is 2. The van der Waals surface area contributed by atoms with Crippen molar-refractivity contribution in [2.75, 3.05) is 13.7 Å². The first-order chi connectivity index (χ1) is 15.0. The number of benzene rings is 2. The molecular formula is C27H36N2O2. The van der Waals surface area contributed by atoms with Crippen molar-refractivity contribution in [3.8, 4) is 5.75 Å². The maximum atomic E-state index is 13.5. The standard InChI is InChI=1S/C27H36N2O2/c1-5-18-31-23-13-11-21(12-14-23)25(27-16-7-10-22(15-17-27)29(27)4)28-26(30)24-19(2)8-6-9-20(24)3/h6,8-9,11-14,22,25H,5,7,10,15-18H2,1-4H3,(H,28,30). The molecule has 166 valence electrons. The summed E-state index contributed by atoms with van der Waals surface area (Å²) in [4.78, 5) is 16.1. The first kappa shape index (κ1) is 21.9. The Labute approximate surface area is 187 Å². The van der Waals surface area contributed by atoms with Gasteiger partial charge in [-0.15, -0.1) is 0 Å².